The van der Waals surface area contributed by atoms with Crippen LogP contribution in [0.25, 0.3) is 11.2 Å². The van der Waals surface area contributed by atoms with Crippen LogP contribution in [0.3, 0.4) is 0 Å². The fourth-order valence-electron chi connectivity index (χ4n) is 3.30. The first-order chi connectivity index (χ1) is 13.5. The van der Waals surface area contributed by atoms with Crippen LogP contribution >= 0.6 is 11.6 Å². The summed E-state index contributed by atoms with van der Waals surface area (Å²) in [6, 6.07) is 9.79. The maximum Gasteiger partial charge on any atom is 0.332 e. The normalized spacial score (nSPS) is 12.5. The molecule has 3 aromatic rings. The number of aliphatic hydroxyl groups excluding tert-OH is 1. The Balaban J connectivity index is 1.87. The van der Waals surface area contributed by atoms with Gasteiger partial charge in [0.05, 0.1) is 12.6 Å². The standard InChI is InChI=1S/C20H25ClN4O3/c1-2-3-7-12-24-17-16(22-19(21)23-17)18(27)25(20(24)28)13-15(26)11-10-14-8-5-4-6-9-14/h4-6,8-9,15,26H,2-3,7,10-13H2,1H3,(H,22,23). The zero-order valence-electron chi connectivity index (χ0n) is 15.9. The first-order valence-electron chi connectivity index (χ1n) is 9.62. The quantitative estimate of drug-likeness (QED) is 0.423. The molecule has 2 N–H and O–H groups in total. The number of imidazole rings is 1. The van der Waals surface area contributed by atoms with Crippen molar-refractivity contribution in [1.82, 2.24) is 19.1 Å². The van der Waals surface area contributed by atoms with Gasteiger partial charge < -0.3 is 10.1 Å². The van der Waals surface area contributed by atoms with E-state index in [9.17, 15) is 14.7 Å². The van der Waals surface area contributed by atoms with Gasteiger partial charge in [-0.05, 0) is 36.4 Å². The smallest absolute Gasteiger partial charge is 0.332 e. The highest BCUT2D eigenvalue weighted by Crippen LogP contribution is 2.11. The maximum atomic E-state index is 12.9. The number of aryl methyl sites for hydroxylation is 2. The molecule has 2 heterocycles. The third-order valence-corrected chi connectivity index (χ3v) is 5.00. The summed E-state index contributed by atoms with van der Waals surface area (Å²) in [6.07, 6.45) is 3.07. The number of hydrogen-bond donors (Lipinski definition) is 2. The summed E-state index contributed by atoms with van der Waals surface area (Å²) in [5, 5.41) is 10.5. The predicted octanol–water partition coefficient (Wildman–Crippen LogP) is 2.72. The Bertz CT molecular complexity index is 1040. The van der Waals surface area contributed by atoms with E-state index < -0.39 is 17.4 Å². The van der Waals surface area contributed by atoms with E-state index in [1.165, 1.54) is 4.57 Å². The third-order valence-electron chi connectivity index (χ3n) is 4.82. The van der Waals surface area contributed by atoms with Crippen molar-refractivity contribution >= 4 is 22.8 Å². The Morgan fingerprint density at radius 1 is 1.18 bits per heavy atom. The maximum absolute atomic E-state index is 12.9. The molecule has 150 valence electrons. The third kappa shape index (κ3) is 4.54. The summed E-state index contributed by atoms with van der Waals surface area (Å²) in [5.74, 6) is 0. The monoisotopic (exact) mass is 404 g/mol. The second-order valence-corrected chi connectivity index (χ2v) is 7.32. The van der Waals surface area contributed by atoms with Gasteiger partial charge in [-0.2, -0.15) is 4.98 Å². The summed E-state index contributed by atoms with van der Waals surface area (Å²) >= 11 is 5.94. The Kier molecular flexibility index (Phi) is 6.70. The number of rotatable bonds is 9. The molecule has 0 aliphatic carbocycles. The molecule has 0 saturated carbocycles. The van der Waals surface area contributed by atoms with Crippen molar-refractivity contribution in [2.24, 2.45) is 0 Å². The first kappa shape index (κ1) is 20.4. The van der Waals surface area contributed by atoms with Gasteiger partial charge in [0.15, 0.2) is 11.2 Å². The summed E-state index contributed by atoms with van der Waals surface area (Å²) in [6.45, 7) is 2.46. The van der Waals surface area contributed by atoms with Crippen molar-refractivity contribution in [3.8, 4) is 0 Å². The number of nitrogens with zero attached hydrogens (tertiary/aromatic N) is 3. The van der Waals surface area contributed by atoms with Gasteiger partial charge in [0.2, 0.25) is 5.28 Å². The van der Waals surface area contributed by atoms with Gasteiger partial charge in [-0.1, -0.05) is 50.1 Å². The topological polar surface area (TPSA) is 92.9 Å². The van der Waals surface area contributed by atoms with Gasteiger partial charge in [0.1, 0.15) is 0 Å². The number of hydrogen-bond acceptors (Lipinski definition) is 4. The summed E-state index contributed by atoms with van der Waals surface area (Å²) in [7, 11) is 0. The van der Waals surface area contributed by atoms with E-state index in [2.05, 4.69) is 16.9 Å². The van der Waals surface area contributed by atoms with Crippen LogP contribution < -0.4 is 11.2 Å². The molecule has 1 aromatic carbocycles. The highest BCUT2D eigenvalue weighted by Gasteiger charge is 2.18. The van der Waals surface area contributed by atoms with E-state index in [0.717, 1.165) is 29.4 Å². The second-order valence-electron chi connectivity index (χ2n) is 6.96. The molecule has 0 spiro atoms. The lowest BCUT2D eigenvalue weighted by molar-refractivity contribution is 0.141. The largest absolute Gasteiger partial charge is 0.391 e. The summed E-state index contributed by atoms with van der Waals surface area (Å²) in [5.41, 5.74) is 0.588. The molecular formula is C20H25ClN4O3. The molecule has 2 aromatic heterocycles. The first-order valence-corrected chi connectivity index (χ1v) is 10.00. The number of H-pyrrole nitrogens is 1. The van der Waals surface area contributed by atoms with E-state index in [0.29, 0.717) is 19.4 Å². The lowest BCUT2D eigenvalue weighted by atomic mass is 10.1. The number of aromatic nitrogens is 4. The van der Waals surface area contributed by atoms with Crippen molar-refractivity contribution in [3.05, 3.63) is 62.0 Å². The molecule has 0 saturated heterocycles. The number of halogens is 1. The van der Waals surface area contributed by atoms with Gasteiger partial charge >= 0.3 is 5.69 Å². The highest BCUT2D eigenvalue weighted by molar-refractivity contribution is 6.28. The van der Waals surface area contributed by atoms with E-state index >= 15 is 0 Å². The lowest BCUT2D eigenvalue weighted by Crippen LogP contribution is -2.42. The van der Waals surface area contributed by atoms with Crippen LogP contribution in [0, 0.1) is 0 Å². The minimum absolute atomic E-state index is 0.0646. The molecular weight excluding hydrogens is 380 g/mol. The summed E-state index contributed by atoms with van der Waals surface area (Å²) in [4.78, 5) is 32.5. The number of benzene rings is 1. The molecule has 0 bridgehead atoms. The van der Waals surface area contributed by atoms with Crippen LogP contribution in [0.5, 0.6) is 0 Å². The number of nitrogens with one attached hydrogen (secondary N) is 1. The predicted molar refractivity (Wildman–Crippen MR) is 110 cm³/mol. The molecule has 3 rings (SSSR count). The fraction of sp³-hybridized carbons (Fsp3) is 0.450. The second kappa shape index (κ2) is 9.21. The van der Waals surface area contributed by atoms with Gasteiger partial charge in [-0.25, -0.2) is 4.79 Å². The number of aromatic amines is 1. The van der Waals surface area contributed by atoms with Gasteiger partial charge in [-0.3, -0.25) is 13.9 Å². The van der Waals surface area contributed by atoms with Crippen LogP contribution in [-0.4, -0.2) is 30.3 Å². The van der Waals surface area contributed by atoms with Crippen LogP contribution in [-0.2, 0) is 19.5 Å². The number of aliphatic hydroxyl groups is 1. The van der Waals surface area contributed by atoms with Crippen LogP contribution in [0.1, 0.15) is 38.2 Å². The van der Waals surface area contributed by atoms with Crippen LogP contribution in [0.4, 0.5) is 0 Å². The SMILES string of the molecule is CCCCCn1c(=O)n(CC(O)CCc2ccccc2)c(=O)c2[nH]c(Cl)nc21. The van der Waals surface area contributed by atoms with Gasteiger partial charge in [-0.15, -0.1) is 0 Å². The lowest BCUT2D eigenvalue weighted by Gasteiger charge is -2.14. The minimum Gasteiger partial charge on any atom is -0.391 e. The number of fused-ring (bicyclic) bond motifs is 1. The molecule has 0 amide bonds. The Morgan fingerprint density at radius 2 is 1.93 bits per heavy atom. The molecule has 7 nitrogen and oxygen atoms in total. The summed E-state index contributed by atoms with van der Waals surface area (Å²) < 4.78 is 2.55. The molecule has 8 heteroatoms. The minimum atomic E-state index is -0.814. The zero-order valence-corrected chi connectivity index (χ0v) is 16.7. The van der Waals surface area contributed by atoms with Crippen molar-refractivity contribution in [2.75, 3.05) is 0 Å². The van der Waals surface area contributed by atoms with Crippen molar-refractivity contribution < 1.29 is 5.11 Å². The average Bonchev–Trinajstić information content (AvgIpc) is 3.08. The molecule has 28 heavy (non-hydrogen) atoms. The molecule has 1 unspecified atom stereocenters. The molecule has 1 atom stereocenters. The average molecular weight is 405 g/mol. The van der Waals surface area contributed by atoms with Crippen molar-refractivity contribution in [2.45, 2.75) is 58.2 Å². The van der Waals surface area contributed by atoms with Crippen molar-refractivity contribution in [1.29, 1.82) is 0 Å². The molecule has 0 aliphatic rings. The molecule has 0 fully saturated rings. The molecule has 0 radical (unpaired) electrons. The van der Waals surface area contributed by atoms with Crippen molar-refractivity contribution in [3.63, 3.8) is 0 Å². The Hall–Kier alpha value is -2.38. The zero-order chi connectivity index (χ0) is 20.1. The van der Waals surface area contributed by atoms with E-state index in [-0.39, 0.29) is 23.0 Å². The van der Waals surface area contributed by atoms with E-state index in [1.54, 1.807) is 0 Å². The molecule has 0 aliphatic heterocycles. The highest BCUT2D eigenvalue weighted by atomic mass is 35.5. The van der Waals surface area contributed by atoms with Crippen LogP contribution in [0.2, 0.25) is 5.28 Å². The fourth-order valence-corrected chi connectivity index (χ4v) is 3.48. The van der Waals surface area contributed by atoms with Crippen LogP contribution in [0.15, 0.2) is 39.9 Å². The number of unbranched alkanes of at least 4 members (excludes halogenated alkanes) is 2. The van der Waals surface area contributed by atoms with E-state index in [1.807, 2.05) is 30.3 Å². The van der Waals surface area contributed by atoms with Gasteiger partial charge in [0, 0.05) is 6.54 Å². The van der Waals surface area contributed by atoms with Gasteiger partial charge in [0.25, 0.3) is 5.56 Å². The van der Waals surface area contributed by atoms with E-state index in [4.69, 9.17) is 11.6 Å². The Morgan fingerprint density at radius 3 is 2.64 bits per heavy atom. The Labute approximate surface area is 167 Å².